The first-order valence-electron chi connectivity index (χ1n) is 11.6. The molecule has 10 nitrogen and oxygen atoms in total. The largest absolute Gasteiger partial charge is 0.486 e. The van der Waals surface area contributed by atoms with Gasteiger partial charge in [0.25, 0.3) is 5.56 Å². The van der Waals surface area contributed by atoms with E-state index in [1.54, 1.807) is 24.3 Å². The summed E-state index contributed by atoms with van der Waals surface area (Å²) in [6.45, 7) is 1.21. The molecule has 0 bridgehead atoms. The molecular formula is C25H26N2O8S. The van der Waals surface area contributed by atoms with E-state index in [2.05, 4.69) is 4.98 Å². The Morgan fingerprint density at radius 3 is 2.58 bits per heavy atom. The fourth-order valence-corrected chi connectivity index (χ4v) is 6.10. The van der Waals surface area contributed by atoms with Gasteiger partial charge in [-0.3, -0.25) is 4.79 Å². The summed E-state index contributed by atoms with van der Waals surface area (Å²) in [7, 11) is -3.01. The van der Waals surface area contributed by atoms with Crippen LogP contribution >= 0.6 is 0 Å². The topological polar surface area (TPSA) is 124 Å². The maximum atomic E-state index is 13.8. The minimum Gasteiger partial charge on any atom is -0.486 e. The van der Waals surface area contributed by atoms with Crippen LogP contribution in [0.3, 0.4) is 0 Å². The second-order valence-corrected chi connectivity index (χ2v) is 10.5. The number of pyridine rings is 1. The minimum absolute atomic E-state index is 0.0382. The second-order valence-electron chi connectivity index (χ2n) is 8.63. The molecule has 0 aliphatic carbocycles. The van der Waals surface area contributed by atoms with Gasteiger partial charge in [-0.05, 0) is 37.1 Å². The average molecular weight is 515 g/mol. The average Bonchev–Trinajstić information content (AvgIpc) is 3.40. The molecule has 11 heteroatoms. The Hall–Kier alpha value is -3.41. The molecule has 3 aromatic rings. The number of hydrogen-bond acceptors (Lipinski definition) is 8. The van der Waals surface area contributed by atoms with Crippen LogP contribution in [-0.4, -0.2) is 63.3 Å². The Balaban J connectivity index is 1.55. The Morgan fingerprint density at radius 2 is 1.86 bits per heavy atom. The first-order chi connectivity index (χ1) is 17.4. The van der Waals surface area contributed by atoms with Crippen LogP contribution in [0.15, 0.2) is 52.2 Å². The number of rotatable bonds is 7. The zero-order chi connectivity index (χ0) is 25.3. The van der Waals surface area contributed by atoms with E-state index in [1.807, 2.05) is 0 Å². The van der Waals surface area contributed by atoms with Crippen LogP contribution in [0.2, 0.25) is 0 Å². The molecule has 2 aliphatic rings. The Morgan fingerprint density at radius 1 is 1.11 bits per heavy atom. The lowest BCUT2D eigenvalue weighted by Gasteiger charge is -2.25. The summed E-state index contributed by atoms with van der Waals surface area (Å²) in [5, 5.41) is 0.679. The van der Waals surface area contributed by atoms with Crippen molar-refractivity contribution in [1.29, 1.82) is 0 Å². The third-order valence-electron chi connectivity index (χ3n) is 6.27. The number of fused-ring (bicyclic) bond motifs is 2. The van der Waals surface area contributed by atoms with Crippen LogP contribution in [0, 0.1) is 0 Å². The highest BCUT2D eigenvalue weighted by Crippen LogP contribution is 2.34. The van der Waals surface area contributed by atoms with Gasteiger partial charge >= 0.3 is 5.97 Å². The lowest BCUT2D eigenvalue weighted by atomic mass is 10.1. The van der Waals surface area contributed by atoms with Gasteiger partial charge in [0.1, 0.15) is 13.2 Å². The lowest BCUT2D eigenvalue weighted by Crippen LogP contribution is -2.39. The summed E-state index contributed by atoms with van der Waals surface area (Å²) in [6, 6.07) is 11.0. The predicted octanol–water partition coefficient (Wildman–Crippen LogP) is 2.46. The van der Waals surface area contributed by atoms with Crippen molar-refractivity contribution in [2.45, 2.75) is 30.4 Å². The summed E-state index contributed by atoms with van der Waals surface area (Å²) in [4.78, 5) is 28.0. The molecule has 5 rings (SSSR count). The van der Waals surface area contributed by atoms with Crippen LogP contribution in [0.5, 0.6) is 11.5 Å². The number of nitrogens with one attached hydrogen (secondary N) is 1. The standard InChI is InChI=1S/C25H26N2O8S/c1-32-25(29)19-6-2-3-7-23(19)36(30,31)27(15-18-5-4-8-33-18)14-17-11-16-12-21-22(35-10-9-34-21)13-20(16)26-24(17)28/h2-3,6-7,11-13,18H,4-5,8-10,14-15H2,1H3,(H,26,28). The van der Waals surface area contributed by atoms with Gasteiger partial charge in [0.2, 0.25) is 10.0 Å². The van der Waals surface area contributed by atoms with Gasteiger partial charge in [0, 0.05) is 36.7 Å². The summed E-state index contributed by atoms with van der Waals surface area (Å²) in [5.74, 6) is 0.337. The van der Waals surface area contributed by atoms with Crippen molar-refractivity contribution in [3.63, 3.8) is 0 Å². The molecule has 1 fully saturated rings. The molecule has 1 saturated heterocycles. The van der Waals surface area contributed by atoms with E-state index in [-0.39, 0.29) is 35.2 Å². The van der Waals surface area contributed by atoms with E-state index in [1.165, 1.54) is 29.6 Å². The molecule has 2 aromatic carbocycles. The van der Waals surface area contributed by atoms with Crippen molar-refractivity contribution in [3.8, 4) is 11.5 Å². The highest BCUT2D eigenvalue weighted by Gasteiger charge is 2.33. The summed E-state index contributed by atoms with van der Waals surface area (Å²) < 4.78 is 50.6. The smallest absolute Gasteiger partial charge is 0.339 e. The quantitative estimate of drug-likeness (QED) is 0.477. The normalized spacial score (nSPS) is 17.4. The van der Waals surface area contributed by atoms with E-state index in [0.29, 0.717) is 48.6 Å². The van der Waals surface area contributed by atoms with Crippen LogP contribution in [0.1, 0.15) is 28.8 Å². The van der Waals surface area contributed by atoms with Crippen molar-refractivity contribution < 1.29 is 32.2 Å². The maximum Gasteiger partial charge on any atom is 0.339 e. The van der Waals surface area contributed by atoms with Gasteiger partial charge in [-0.25, -0.2) is 13.2 Å². The molecule has 1 unspecified atom stereocenters. The SMILES string of the molecule is COC(=O)c1ccccc1S(=O)(=O)N(Cc1cc2cc3c(cc2[nH]c1=O)OCCO3)CC1CCCO1. The molecule has 0 amide bonds. The molecule has 36 heavy (non-hydrogen) atoms. The lowest BCUT2D eigenvalue weighted by molar-refractivity contribution is 0.0596. The van der Waals surface area contributed by atoms with Crippen LogP contribution in [0.4, 0.5) is 0 Å². The third-order valence-corrected chi connectivity index (χ3v) is 8.14. The number of ether oxygens (including phenoxy) is 4. The van der Waals surface area contributed by atoms with Gasteiger partial charge in [0.15, 0.2) is 11.5 Å². The highest BCUT2D eigenvalue weighted by molar-refractivity contribution is 7.89. The van der Waals surface area contributed by atoms with Crippen molar-refractivity contribution in [3.05, 3.63) is 63.9 Å². The third kappa shape index (κ3) is 4.69. The number of carbonyl (C=O) groups is 1. The number of nitrogens with zero attached hydrogens (tertiary/aromatic N) is 1. The van der Waals surface area contributed by atoms with Gasteiger partial charge < -0.3 is 23.9 Å². The fraction of sp³-hybridized carbons (Fsp3) is 0.360. The summed E-state index contributed by atoms with van der Waals surface area (Å²) >= 11 is 0. The number of sulfonamides is 1. The monoisotopic (exact) mass is 514 g/mol. The van der Waals surface area contributed by atoms with Gasteiger partial charge in [0.05, 0.1) is 29.2 Å². The molecule has 0 saturated carbocycles. The van der Waals surface area contributed by atoms with Crippen molar-refractivity contribution in [2.75, 3.05) is 33.5 Å². The Labute approximate surface area is 207 Å². The molecule has 1 aromatic heterocycles. The van der Waals surface area contributed by atoms with Crippen molar-refractivity contribution in [1.82, 2.24) is 9.29 Å². The van der Waals surface area contributed by atoms with E-state index in [4.69, 9.17) is 18.9 Å². The fourth-order valence-electron chi connectivity index (χ4n) is 4.47. The molecule has 0 spiro atoms. The van der Waals surface area contributed by atoms with E-state index in [9.17, 15) is 18.0 Å². The maximum absolute atomic E-state index is 13.8. The molecule has 190 valence electrons. The van der Waals surface area contributed by atoms with Crippen molar-refractivity contribution >= 4 is 26.9 Å². The zero-order valence-corrected chi connectivity index (χ0v) is 20.5. The van der Waals surface area contributed by atoms with Crippen LogP contribution in [-0.2, 0) is 26.0 Å². The Bertz CT molecular complexity index is 1460. The number of H-pyrrole nitrogens is 1. The van der Waals surface area contributed by atoms with E-state index < -0.39 is 21.6 Å². The first-order valence-corrected chi connectivity index (χ1v) is 13.1. The number of aromatic nitrogens is 1. The summed E-state index contributed by atoms with van der Waals surface area (Å²) in [6.07, 6.45) is 1.20. The number of hydrogen-bond donors (Lipinski definition) is 1. The molecule has 3 heterocycles. The molecule has 0 radical (unpaired) electrons. The molecular weight excluding hydrogens is 488 g/mol. The highest BCUT2D eigenvalue weighted by atomic mass is 32.2. The number of carbonyl (C=O) groups excluding carboxylic acids is 1. The van der Waals surface area contributed by atoms with Gasteiger partial charge in [-0.1, -0.05) is 12.1 Å². The Kier molecular flexibility index (Phi) is 6.69. The number of esters is 1. The predicted molar refractivity (Wildman–Crippen MR) is 130 cm³/mol. The molecule has 1 atom stereocenters. The summed E-state index contributed by atoms with van der Waals surface area (Å²) in [5.41, 5.74) is 0.301. The van der Waals surface area contributed by atoms with Crippen molar-refractivity contribution in [2.24, 2.45) is 0 Å². The number of methoxy groups -OCH3 is 1. The molecule has 2 aliphatic heterocycles. The van der Waals surface area contributed by atoms with Gasteiger partial charge in [-0.15, -0.1) is 0 Å². The zero-order valence-electron chi connectivity index (χ0n) is 19.7. The number of benzene rings is 2. The van der Waals surface area contributed by atoms with Crippen LogP contribution in [0.25, 0.3) is 10.9 Å². The van der Waals surface area contributed by atoms with Gasteiger partial charge in [-0.2, -0.15) is 4.31 Å². The van der Waals surface area contributed by atoms with E-state index >= 15 is 0 Å². The second kappa shape index (κ2) is 9.92. The van der Waals surface area contributed by atoms with Crippen LogP contribution < -0.4 is 15.0 Å². The number of aromatic amines is 1. The first kappa shape index (κ1) is 24.3. The van der Waals surface area contributed by atoms with E-state index in [0.717, 1.165) is 6.42 Å². The minimum atomic E-state index is -4.20. The molecule has 1 N–H and O–H groups in total.